The highest BCUT2D eigenvalue weighted by molar-refractivity contribution is 5.84. The molecule has 0 radical (unpaired) electrons. The van der Waals surface area contributed by atoms with Gasteiger partial charge in [-0.2, -0.15) is 5.26 Å². The van der Waals surface area contributed by atoms with Gasteiger partial charge < -0.3 is 13.9 Å². The number of esters is 1. The zero-order chi connectivity index (χ0) is 20.3. The summed E-state index contributed by atoms with van der Waals surface area (Å²) >= 11 is 0. The number of rotatable bonds is 5. The highest BCUT2D eigenvalue weighted by atomic mass is 16.6. The van der Waals surface area contributed by atoms with Crippen molar-refractivity contribution in [3.05, 3.63) is 75.1 Å². The van der Waals surface area contributed by atoms with Gasteiger partial charge in [0.2, 0.25) is 0 Å². The first kappa shape index (κ1) is 19.2. The molecule has 3 rings (SSSR count). The molecule has 0 aliphatic heterocycles. The summed E-state index contributed by atoms with van der Waals surface area (Å²) in [6, 6.07) is 13.6. The lowest BCUT2D eigenvalue weighted by Gasteiger charge is -2.15. The van der Waals surface area contributed by atoms with Crippen LogP contribution in [-0.2, 0) is 16.1 Å². The van der Waals surface area contributed by atoms with Crippen LogP contribution in [0.3, 0.4) is 0 Å². The maximum absolute atomic E-state index is 12.3. The lowest BCUT2D eigenvalue weighted by atomic mass is 10.0. The molecule has 0 unspecified atom stereocenters. The van der Waals surface area contributed by atoms with Gasteiger partial charge in [-0.3, -0.25) is 0 Å². The maximum Gasteiger partial charge on any atom is 0.347 e. The van der Waals surface area contributed by atoms with Crippen molar-refractivity contribution >= 4 is 16.9 Å². The van der Waals surface area contributed by atoms with Crippen LogP contribution in [0.15, 0.2) is 51.7 Å². The number of hydrogen-bond donors (Lipinski definition) is 0. The third-order valence-corrected chi connectivity index (χ3v) is 4.52. The monoisotopic (exact) mass is 377 g/mol. The first-order valence-corrected chi connectivity index (χ1v) is 8.75. The average Bonchev–Trinajstić information content (AvgIpc) is 2.69. The second-order valence-corrected chi connectivity index (χ2v) is 6.48. The third-order valence-electron chi connectivity index (χ3n) is 4.52. The molecule has 0 saturated carbocycles. The van der Waals surface area contributed by atoms with Crippen molar-refractivity contribution in [1.29, 1.82) is 5.26 Å². The molecule has 1 aromatic heterocycles. The molecule has 1 atom stereocenters. The molecule has 0 spiro atoms. The molecule has 0 amide bonds. The van der Waals surface area contributed by atoms with E-state index in [1.165, 1.54) is 6.07 Å². The number of hydrogen-bond acceptors (Lipinski definition) is 6. The van der Waals surface area contributed by atoms with Crippen molar-refractivity contribution in [3.63, 3.8) is 0 Å². The fourth-order valence-corrected chi connectivity index (χ4v) is 2.77. The summed E-state index contributed by atoms with van der Waals surface area (Å²) in [6.45, 7) is 5.32. The Kier molecular flexibility index (Phi) is 5.46. The Hall–Kier alpha value is -3.59. The summed E-state index contributed by atoms with van der Waals surface area (Å²) < 4.78 is 16.2. The second kappa shape index (κ2) is 7.97. The van der Waals surface area contributed by atoms with Crippen LogP contribution >= 0.6 is 0 Å². The molecular formula is C22H19NO5. The second-order valence-electron chi connectivity index (χ2n) is 6.48. The van der Waals surface area contributed by atoms with Gasteiger partial charge in [-0.1, -0.05) is 12.1 Å². The molecule has 3 aromatic rings. The molecule has 6 nitrogen and oxygen atoms in total. The van der Waals surface area contributed by atoms with Crippen LogP contribution in [-0.4, -0.2) is 12.1 Å². The fourth-order valence-electron chi connectivity index (χ4n) is 2.77. The molecular weight excluding hydrogens is 358 g/mol. The van der Waals surface area contributed by atoms with Crippen molar-refractivity contribution in [3.8, 4) is 11.8 Å². The highest BCUT2D eigenvalue weighted by Crippen LogP contribution is 2.24. The molecule has 0 saturated heterocycles. The predicted octanol–water partition coefficient (Wildman–Crippen LogP) is 3.79. The van der Waals surface area contributed by atoms with Gasteiger partial charge in [-0.15, -0.1) is 0 Å². The molecule has 1 heterocycles. The molecule has 2 aromatic carbocycles. The molecule has 0 bridgehead atoms. The number of carbonyl (C=O) groups is 1. The van der Waals surface area contributed by atoms with Crippen LogP contribution in [0, 0.1) is 25.2 Å². The van der Waals surface area contributed by atoms with E-state index in [1.807, 2.05) is 32.0 Å². The van der Waals surface area contributed by atoms with E-state index in [1.54, 1.807) is 31.2 Å². The van der Waals surface area contributed by atoms with Crippen molar-refractivity contribution in [2.75, 3.05) is 0 Å². The van der Waals surface area contributed by atoms with Crippen molar-refractivity contribution in [2.24, 2.45) is 0 Å². The molecule has 6 heteroatoms. The van der Waals surface area contributed by atoms with Gasteiger partial charge in [-0.25, -0.2) is 9.59 Å². The maximum atomic E-state index is 12.3. The summed E-state index contributed by atoms with van der Waals surface area (Å²) in [7, 11) is 0. The zero-order valence-corrected chi connectivity index (χ0v) is 15.8. The van der Waals surface area contributed by atoms with E-state index in [9.17, 15) is 9.59 Å². The molecule has 0 N–H and O–H groups in total. The molecule has 0 fully saturated rings. The average molecular weight is 377 g/mol. The van der Waals surface area contributed by atoms with Gasteiger partial charge in [0, 0.05) is 17.0 Å². The fraction of sp³-hybridized carbons (Fsp3) is 0.227. The van der Waals surface area contributed by atoms with E-state index in [2.05, 4.69) is 0 Å². The zero-order valence-electron chi connectivity index (χ0n) is 15.8. The smallest absolute Gasteiger partial charge is 0.347 e. The Morgan fingerprint density at radius 1 is 1.18 bits per heavy atom. The largest absolute Gasteiger partial charge is 0.479 e. The minimum Gasteiger partial charge on any atom is -0.479 e. The Morgan fingerprint density at radius 2 is 1.89 bits per heavy atom. The molecule has 142 valence electrons. The quantitative estimate of drug-likeness (QED) is 0.496. The van der Waals surface area contributed by atoms with E-state index < -0.39 is 17.7 Å². The van der Waals surface area contributed by atoms with Crippen molar-refractivity contribution in [2.45, 2.75) is 33.5 Å². The number of nitriles is 1. The van der Waals surface area contributed by atoms with Gasteiger partial charge in [0.1, 0.15) is 17.9 Å². The Labute approximate surface area is 161 Å². The summed E-state index contributed by atoms with van der Waals surface area (Å²) in [6.07, 6.45) is -0.844. The number of aryl methyl sites for hydroxylation is 2. The summed E-state index contributed by atoms with van der Waals surface area (Å²) in [5, 5.41) is 9.54. The predicted molar refractivity (Wildman–Crippen MR) is 103 cm³/mol. The number of fused-ring (bicyclic) bond motifs is 1. The topological polar surface area (TPSA) is 89.5 Å². The van der Waals surface area contributed by atoms with Crippen molar-refractivity contribution in [1.82, 2.24) is 0 Å². The Morgan fingerprint density at radius 3 is 2.57 bits per heavy atom. The number of carbonyl (C=O) groups excluding carboxylic acids is 1. The first-order chi connectivity index (χ1) is 13.4. The minimum atomic E-state index is -0.844. The minimum absolute atomic E-state index is 0.0650. The van der Waals surface area contributed by atoms with Crippen LogP contribution < -0.4 is 10.4 Å². The van der Waals surface area contributed by atoms with Crippen molar-refractivity contribution < 1.29 is 18.7 Å². The first-order valence-electron chi connectivity index (χ1n) is 8.75. The van der Waals surface area contributed by atoms with Crippen LogP contribution in [0.25, 0.3) is 11.0 Å². The lowest BCUT2D eigenvalue weighted by Crippen LogP contribution is -2.26. The standard InChI is InChI=1S/C22H19NO5/c1-13-4-9-19-17(10-20(24)28-21(19)14(13)2)12-26-22(25)15(3)27-18-7-5-16(11-23)6-8-18/h4-10,15H,12H2,1-3H3/t15-/m1/s1. The molecule has 0 aliphatic carbocycles. The normalized spacial score (nSPS) is 11.6. The summed E-state index contributed by atoms with van der Waals surface area (Å²) in [4.78, 5) is 24.2. The van der Waals surface area contributed by atoms with Gasteiger partial charge in [-0.05, 0) is 56.2 Å². The van der Waals surface area contributed by atoms with E-state index in [4.69, 9.17) is 19.2 Å². The van der Waals surface area contributed by atoms with E-state index in [0.29, 0.717) is 22.5 Å². The Bertz CT molecular complexity index is 1120. The number of ether oxygens (including phenoxy) is 2. The van der Waals surface area contributed by atoms with Crippen LogP contribution in [0.5, 0.6) is 5.75 Å². The summed E-state index contributed by atoms with van der Waals surface area (Å²) in [5.74, 6) is -0.102. The van der Waals surface area contributed by atoms with Gasteiger partial charge >= 0.3 is 11.6 Å². The van der Waals surface area contributed by atoms with Gasteiger partial charge in [0.15, 0.2) is 6.10 Å². The lowest BCUT2D eigenvalue weighted by molar-refractivity contribution is -0.152. The SMILES string of the molecule is Cc1ccc2c(COC(=O)[C@@H](C)Oc3ccc(C#N)cc3)cc(=O)oc2c1C. The van der Waals surface area contributed by atoms with E-state index >= 15 is 0 Å². The summed E-state index contributed by atoms with van der Waals surface area (Å²) in [5.41, 5.74) is 2.97. The van der Waals surface area contributed by atoms with Crippen LogP contribution in [0.1, 0.15) is 29.2 Å². The molecule has 28 heavy (non-hydrogen) atoms. The highest BCUT2D eigenvalue weighted by Gasteiger charge is 2.18. The van der Waals surface area contributed by atoms with Crippen LogP contribution in [0.2, 0.25) is 0 Å². The Balaban J connectivity index is 1.72. The number of nitrogens with zero attached hydrogens (tertiary/aromatic N) is 1. The van der Waals surface area contributed by atoms with E-state index in [-0.39, 0.29) is 6.61 Å². The van der Waals surface area contributed by atoms with Gasteiger partial charge in [0.25, 0.3) is 0 Å². The third kappa shape index (κ3) is 4.04. The van der Waals surface area contributed by atoms with Gasteiger partial charge in [0.05, 0.1) is 11.6 Å². The number of benzene rings is 2. The van der Waals surface area contributed by atoms with E-state index in [0.717, 1.165) is 16.5 Å². The molecule has 0 aliphatic rings. The van der Waals surface area contributed by atoms with Crippen LogP contribution in [0.4, 0.5) is 0 Å².